The van der Waals surface area contributed by atoms with Gasteiger partial charge in [-0.1, -0.05) is 98.1 Å². The number of benzene rings is 2. The van der Waals surface area contributed by atoms with Crippen LogP contribution in [0.1, 0.15) is 23.6 Å². The molecule has 0 radical (unpaired) electrons. The summed E-state index contributed by atoms with van der Waals surface area (Å²) in [6.45, 7) is 20.3. The minimum Gasteiger partial charge on any atom is -0.0984 e. The molecule has 120 valence electrons. The maximum absolute atomic E-state index is 4.23. The molecule has 0 aliphatic carbocycles. The minimum atomic E-state index is 0.877. The second-order valence-corrected chi connectivity index (χ2v) is 6.02. The van der Waals surface area contributed by atoms with Crippen LogP contribution in [-0.4, -0.2) is 0 Å². The second-order valence-electron chi connectivity index (χ2n) is 6.02. The number of hydrogen-bond acceptors (Lipinski definition) is 0. The van der Waals surface area contributed by atoms with Gasteiger partial charge in [0.15, 0.2) is 0 Å². The van der Waals surface area contributed by atoms with Gasteiger partial charge in [-0.2, -0.15) is 0 Å². The summed E-state index contributed by atoms with van der Waals surface area (Å²) in [5, 5.41) is 0. The van der Waals surface area contributed by atoms with Gasteiger partial charge in [-0.3, -0.25) is 0 Å². The van der Waals surface area contributed by atoms with Crippen LogP contribution in [0.3, 0.4) is 0 Å². The maximum atomic E-state index is 4.23. The standard InChI is InChI=1S/C24H24/c1-7-22-23(20(6)19(5)14-11-17(2)3)9-8-10-24(22)21-15-12-18(4)13-16-21/h7-16H,1-2,5-6H2,3-4H3/b14-11-. The highest BCUT2D eigenvalue weighted by Crippen LogP contribution is 2.33. The van der Waals surface area contributed by atoms with Gasteiger partial charge in [-0.25, -0.2) is 0 Å². The SMILES string of the molecule is C=Cc1c(C(=C)C(=C)/C=C\C(=C)C)cccc1-c1ccc(C)cc1. The van der Waals surface area contributed by atoms with Gasteiger partial charge in [0.25, 0.3) is 0 Å². The Bertz CT molecular complexity index is 827. The van der Waals surface area contributed by atoms with Gasteiger partial charge >= 0.3 is 0 Å². The molecule has 0 bridgehead atoms. The van der Waals surface area contributed by atoms with Crippen LogP contribution in [0.4, 0.5) is 0 Å². The zero-order chi connectivity index (χ0) is 17.7. The summed E-state index contributed by atoms with van der Waals surface area (Å²) in [6, 6.07) is 14.8. The van der Waals surface area contributed by atoms with E-state index in [1.807, 2.05) is 25.2 Å². The quantitative estimate of drug-likeness (QED) is 0.503. The van der Waals surface area contributed by atoms with Gasteiger partial charge in [-0.15, -0.1) is 0 Å². The molecule has 0 heteroatoms. The Labute approximate surface area is 145 Å². The van der Waals surface area contributed by atoms with E-state index in [-0.39, 0.29) is 0 Å². The molecule has 0 heterocycles. The molecule has 0 N–H and O–H groups in total. The van der Waals surface area contributed by atoms with E-state index in [1.165, 1.54) is 11.1 Å². The van der Waals surface area contributed by atoms with Gasteiger partial charge in [0, 0.05) is 0 Å². The molecule has 0 aliphatic heterocycles. The first-order chi connectivity index (χ1) is 11.4. The third-order valence-electron chi connectivity index (χ3n) is 3.95. The molecule has 0 aromatic heterocycles. The van der Waals surface area contributed by atoms with Crippen molar-refractivity contribution in [2.24, 2.45) is 0 Å². The summed E-state index contributed by atoms with van der Waals surface area (Å²) >= 11 is 0. The molecule has 0 saturated heterocycles. The van der Waals surface area contributed by atoms with Crippen molar-refractivity contribution in [1.82, 2.24) is 0 Å². The predicted molar refractivity (Wildman–Crippen MR) is 109 cm³/mol. The monoisotopic (exact) mass is 312 g/mol. The molecular weight excluding hydrogens is 288 g/mol. The molecule has 0 spiro atoms. The highest BCUT2D eigenvalue weighted by molar-refractivity contribution is 5.89. The van der Waals surface area contributed by atoms with Gasteiger partial charge in [0.05, 0.1) is 0 Å². The average molecular weight is 312 g/mol. The van der Waals surface area contributed by atoms with Crippen molar-refractivity contribution in [2.45, 2.75) is 13.8 Å². The largest absolute Gasteiger partial charge is 0.0984 e. The molecule has 0 unspecified atom stereocenters. The molecule has 0 amide bonds. The van der Waals surface area contributed by atoms with Crippen LogP contribution >= 0.6 is 0 Å². The Kier molecular flexibility index (Phi) is 5.55. The molecule has 0 aliphatic rings. The van der Waals surface area contributed by atoms with Crippen molar-refractivity contribution >= 4 is 11.6 Å². The van der Waals surface area contributed by atoms with Crippen LogP contribution in [-0.2, 0) is 0 Å². The summed E-state index contributed by atoms with van der Waals surface area (Å²) in [5.41, 5.74) is 8.47. The van der Waals surface area contributed by atoms with Gasteiger partial charge < -0.3 is 0 Å². The zero-order valence-electron chi connectivity index (χ0n) is 14.6. The number of allylic oxidation sites excluding steroid dienone is 5. The summed E-state index contributed by atoms with van der Waals surface area (Å²) in [5.74, 6) is 0. The van der Waals surface area contributed by atoms with Crippen molar-refractivity contribution < 1.29 is 0 Å². The van der Waals surface area contributed by atoms with Crippen LogP contribution in [0.5, 0.6) is 0 Å². The fourth-order valence-electron chi connectivity index (χ4n) is 2.55. The first kappa shape index (κ1) is 17.5. The Hall–Kier alpha value is -2.86. The lowest BCUT2D eigenvalue weighted by atomic mass is 9.89. The minimum absolute atomic E-state index is 0.877. The summed E-state index contributed by atoms with van der Waals surface area (Å²) in [7, 11) is 0. The van der Waals surface area contributed by atoms with Gasteiger partial charge in [0.1, 0.15) is 0 Å². The molecule has 0 atom stereocenters. The first-order valence-corrected chi connectivity index (χ1v) is 7.98. The number of rotatable bonds is 6. The van der Waals surface area contributed by atoms with Crippen molar-refractivity contribution in [3.63, 3.8) is 0 Å². The van der Waals surface area contributed by atoms with Crippen LogP contribution in [0.15, 0.2) is 92.1 Å². The van der Waals surface area contributed by atoms with E-state index in [9.17, 15) is 0 Å². The normalized spacial score (nSPS) is 10.6. The molecule has 2 rings (SSSR count). The first-order valence-electron chi connectivity index (χ1n) is 7.98. The predicted octanol–water partition coefficient (Wildman–Crippen LogP) is 7.01. The molecule has 0 nitrogen and oxygen atoms in total. The van der Waals surface area contributed by atoms with Crippen LogP contribution in [0.2, 0.25) is 0 Å². The fraction of sp³-hybridized carbons (Fsp3) is 0.0833. The fourth-order valence-corrected chi connectivity index (χ4v) is 2.55. The van der Waals surface area contributed by atoms with Crippen LogP contribution in [0.25, 0.3) is 22.8 Å². The van der Waals surface area contributed by atoms with E-state index in [2.05, 4.69) is 75.7 Å². The summed E-state index contributed by atoms with van der Waals surface area (Å²) < 4.78 is 0. The maximum Gasteiger partial charge on any atom is -0.0105 e. The number of aryl methyl sites for hydroxylation is 1. The Morgan fingerprint density at radius 1 is 0.917 bits per heavy atom. The van der Waals surface area contributed by atoms with E-state index < -0.39 is 0 Å². The summed E-state index contributed by atoms with van der Waals surface area (Å²) in [6.07, 6.45) is 5.80. The molecule has 2 aromatic carbocycles. The highest BCUT2D eigenvalue weighted by Gasteiger charge is 2.11. The lowest BCUT2D eigenvalue weighted by Crippen LogP contribution is -1.93. The van der Waals surface area contributed by atoms with Crippen LogP contribution < -0.4 is 0 Å². The molecular formula is C24H24. The van der Waals surface area contributed by atoms with Crippen molar-refractivity contribution in [3.05, 3.63) is 109 Å². The van der Waals surface area contributed by atoms with E-state index in [0.717, 1.165) is 33.4 Å². The topological polar surface area (TPSA) is 0 Å². The lowest BCUT2D eigenvalue weighted by molar-refractivity contribution is 1.46. The second kappa shape index (κ2) is 7.61. The van der Waals surface area contributed by atoms with Crippen molar-refractivity contribution in [1.29, 1.82) is 0 Å². The number of hydrogen-bond donors (Lipinski definition) is 0. The molecule has 0 saturated carbocycles. The van der Waals surface area contributed by atoms with E-state index in [4.69, 9.17) is 0 Å². The Balaban J connectivity index is 2.49. The van der Waals surface area contributed by atoms with Crippen molar-refractivity contribution in [2.75, 3.05) is 0 Å². The Morgan fingerprint density at radius 2 is 1.58 bits per heavy atom. The third kappa shape index (κ3) is 3.91. The molecule has 2 aromatic rings. The Morgan fingerprint density at radius 3 is 2.17 bits per heavy atom. The highest BCUT2D eigenvalue weighted by atomic mass is 14.1. The zero-order valence-corrected chi connectivity index (χ0v) is 14.6. The van der Waals surface area contributed by atoms with E-state index in [1.54, 1.807) is 0 Å². The van der Waals surface area contributed by atoms with Gasteiger partial charge in [-0.05, 0) is 47.2 Å². The smallest absolute Gasteiger partial charge is 0.0105 e. The summed E-state index contributed by atoms with van der Waals surface area (Å²) in [4.78, 5) is 0. The molecule has 0 fully saturated rings. The van der Waals surface area contributed by atoms with E-state index in [0.29, 0.717) is 0 Å². The third-order valence-corrected chi connectivity index (χ3v) is 3.95. The van der Waals surface area contributed by atoms with Crippen LogP contribution in [0, 0.1) is 6.92 Å². The average Bonchev–Trinajstić information content (AvgIpc) is 2.58. The lowest BCUT2D eigenvalue weighted by Gasteiger charge is -2.15. The van der Waals surface area contributed by atoms with Gasteiger partial charge in [0.2, 0.25) is 0 Å². The van der Waals surface area contributed by atoms with E-state index >= 15 is 0 Å². The van der Waals surface area contributed by atoms with Crippen molar-refractivity contribution in [3.8, 4) is 11.1 Å². The molecule has 24 heavy (non-hydrogen) atoms.